The van der Waals surface area contributed by atoms with Crippen LogP contribution >= 0.6 is 0 Å². The normalized spacial score (nSPS) is 22.8. The third kappa shape index (κ3) is 4.91. The van der Waals surface area contributed by atoms with E-state index < -0.39 is 35.9 Å². The summed E-state index contributed by atoms with van der Waals surface area (Å²) in [4.78, 5) is 21.0. The highest BCUT2D eigenvalue weighted by atomic mass is 19.3. The fraction of sp³-hybridized carbons (Fsp3) is 0.292. The lowest BCUT2D eigenvalue weighted by Gasteiger charge is -2.43. The van der Waals surface area contributed by atoms with Crippen LogP contribution < -0.4 is 9.64 Å². The number of ether oxygens (including phenoxy) is 3. The maximum absolute atomic E-state index is 15.1. The zero-order valence-corrected chi connectivity index (χ0v) is 19.6. The number of amides is 2. The number of nitrogens with zero attached hydrogens (tertiary/aromatic N) is 5. The van der Waals surface area contributed by atoms with E-state index in [9.17, 15) is 22.4 Å². The second-order valence-electron chi connectivity index (χ2n) is 8.63. The molecule has 14 heteroatoms. The molecule has 1 aromatic carbocycles. The van der Waals surface area contributed by atoms with Gasteiger partial charge in [-0.25, -0.2) is 18.9 Å². The summed E-state index contributed by atoms with van der Waals surface area (Å²) in [6, 6.07) is 7.78. The average Bonchev–Trinajstić information content (AvgIpc) is 2.84. The molecule has 0 N–H and O–H groups in total. The molecule has 1 aromatic heterocycles. The van der Waals surface area contributed by atoms with Crippen LogP contribution in [0.25, 0.3) is 0 Å². The summed E-state index contributed by atoms with van der Waals surface area (Å²) in [5.41, 5.74) is -0.849. The minimum atomic E-state index is -4.46. The molecular formula is C24H18F5N5O4. The van der Waals surface area contributed by atoms with E-state index in [1.807, 2.05) is 6.07 Å². The Balaban J connectivity index is 1.38. The van der Waals surface area contributed by atoms with Crippen molar-refractivity contribution in [3.63, 3.8) is 0 Å². The molecule has 2 fully saturated rings. The van der Waals surface area contributed by atoms with Gasteiger partial charge in [0.25, 0.3) is 0 Å². The van der Waals surface area contributed by atoms with Crippen molar-refractivity contribution in [3.05, 3.63) is 71.5 Å². The van der Waals surface area contributed by atoms with Crippen molar-refractivity contribution < 1.29 is 41.0 Å². The highest BCUT2D eigenvalue weighted by molar-refractivity contribution is 5.94. The second-order valence-corrected chi connectivity index (χ2v) is 8.63. The number of carbonyl (C=O) groups is 1. The molecular weight excluding hydrogens is 517 g/mol. The summed E-state index contributed by atoms with van der Waals surface area (Å²) in [6.45, 7) is -0.0609. The number of aromatic nitrogens is 1. The number of hydrogen-bond acceptors (Lipinski definition) is 7. The van der Waals surface area contributed by atoms with Gasteiger partial charge in [-0.2, -0.15) is 14.0 Å². The predicted octanol–water partition coefficient (Wildman–Crippen LogP) is 4.75. The lowest BCUT2D eigenvalue weighted by Crippen LogP contribution is -2.57. The summed E-state index contributed by atoms with van der Waals surface area (Å²) in [7, 11) is 1.62. The fourth-order valence-corrected chi connectivity index (χ4v) is 4.24. The Morgan fingerprint density at radius 2 is 1.87 bits per heavy atom. The number of rotatable bonds is 4. The zero-order valence-electron chi connectivity index (χ0n) is 19.6. The number of alkyl halides is 4. The van der Waals surface area contributed by atoms with Gasteiger partial charge in [0.15, 0.2) is 5.82 Å². The first-order chi connectivity index (χ1) is 18.0. The van der Waals surface area contributed by atoms with Crippen molar-refractivity contribution in [1.29, 1.82) is 5.26 Å². The number of pyridine rings is 1. The molecule has 1 atom stereocenters. The number of allylic oxidation sites excluding steroid dienone is 1. The number of anilines is 1. The Morgan fingerprint density at radius 1 is 1.13 bits per heavy atom. The summed E-state index contributed by atoms with van der Waals surface area (Å²) < 4.78 is 83.9. The molecule has 5 rings (SSSR count). The van der Waals surface area contributed by atoms with Crippen molar-refractivity contribution in [1.82, 2.24) is 14.8 Å². The quantitative estimate of drug-likeness (QED) is 0.522. The SMILES string of the molecule is CN1CN(C2=CCC3OC(F)(F)OC(F)(F)C3=C2)C(=O)N(c2ccc(Oc3ccnc(C#N)c3)cc2F)C1. The van der Waals surface area contributed by atoms with Crippen molar-refractivity contribution >= 4 is 11.7 Å². The molecule has 2 aromatic rings. The van der Waals surface area contributed by atoms with Crippen molar-refractivity contribution in [2.75, 3.05) is 25.3 Å². The number of hydrogen-bond donors (Lipinski definition) is 0. The minimum Gasteiger partial charge on any atom is -0.457 e. The molecule has 0 bridgehead atoms. The van der Waals surface area contributed by atoms with E-state index in [1.54, 1.807) is 11.9 Å². The molecule has 2 amide bonds. The standard InChI is InChI=1S/C24H18F5N5O4/c1-32-12-33(15-2-5-21-18(9-15)23(26,27)38-24(28,29)37-21)22(35)34(13-32)20-4-3-16(10-19(20)25)36-17-6-7-31-14(8-17)11-30/h2-4,6-10,21H,5,12-13H2,1H3. The Labute approximate surface area is 212 Å². The van der Waals surface area contributed by atoms with Gasteiger partial charge in [-0.15, -0.1) is 8.78 Å². The Hall–Kier alpha value is -4.06. The molecule has 0 radical (unpaired) electrons. The lowest BCUT2D eigenvalue weighted by atomic mass is 9.97. The van der Waals surface area contributed by atoms with Crippen LogP contribution in [0.1, 0.15) is 12.1 Å². The molecule has 9 nitrogen and oxygen atoms in total. The van der Waals surface area contributed by atoms with Crippen molar-refractivity contribution in [2.45, 2.75) is 24.9 Å². The highest BCUT2D eigenvalue weighted by Gasteiger charge is 2.57. The zero-order chi connectivity index (χ0) is 27.2. The Kier molecular flexibility index (Phi) is 6.30. The van der Waals surface area contributed by atoms with Crippen LogP contribution in [-0.4, -0.2) is 59.7 Å². The Morgan fingerprint density at radius 3 is 2.61 bits per heavy atom. The number of halogens is 5. The minimum absolute atomic E-state index is 0.00115. The molecule has 0 spiro atoms. The first kappa shape index (κ1) is 25.6. The van der Waals surface area contributed by atoms with Crippen molar-refractivity contribution in [3.8, 4) is 17.6 Å². The van der Waals surface area contributed by atoms with Gasteiger partial charge in [0.2, 0.25) is 0 Å². The topological polar surface area (TPSA) is 91.2 Å². The number of nitriles is 1. The van der Waals surface area contributed by atoms with E-state index in [2.05, 4.69) is 14.5 Å². The molecule has 0 saturated carbocycles. The molecule has 198 valence electrons. The molecule has 38 heavy (non-hydrogen) atoms. The molecule has 2 aliphatic heterocycles. The van der Waals surface area contributed by atoms with Crippen LogP contribution in [0.2, 0.25) is 0 Å². The van der Waals surface area contributed by atoms with E-state index >= 15 is 4.39 Å². The van der Waals surface area contributed by atoms with Gasteiger partial charge in [-0.3, -0.25) is 19.4 Å². The van der Waals surface area contributed by atoms with Gasteiger partial charge in [0, 0.05) is 24.0 Å². The summed E-state index contributed by atoms with van der Waals surface area (Å²) in [6.07, 6.45) is -7.22. The molecule has 2 saturated heterocycles. The van der Waals surface area contributed by atoms with E-state index in [0.717, 1.165) is 21.9 Å². The lowest BCUT2D eigenvalue weighted by molar-refractivity contribution is -0.488. The second kappa shape index (κ2) is 9.35. The number of benzene rings is 1. The molecule has 1 aliphatic carbocycles. The van der Waals surface area contributed by atoms with Crippen LogP contribution in [0, 0.1) is 17.1 Å². The molecule has 3 aliphatic rings. The third-order valence-electron chi connectivity index (χ3n) is 5.88. The van der Waals surface area contributed by atoms with E-state index in [0.29, 0.717) is 0 Å². The summed E-state index contributed by atoms with van der Waals surface area (Å²) >= 11 is 0. The first-order valence-corrected chi connectivity index (χ1v) is 11.1. The van der Waals surface area contributed by atoms with Crippen LogP contribution in [0.15, 0.2) is 60.0 Å². The number of fused-ring (bicyclic) bond motifs is 1. The van der Waals surface area contributed by atoms with Gasteiger partial charge in [0.1, 0.15) is 23.3 Å². The predicted molar refractivity (Wildman–Crippen MR) is 119 cm³/mol. The van der Waals surface area contributed by atoms with Gasteiger partial charge in [-0.1, -0.05) is 6.08 Å². The summed E-state index contributed by atoms with van der Waals surface area (Å²) in [5.74, 6) is -0.456. The van der Waals surface area contributed by atoms with E-state index in [1.165, 1.54) is 36.5 Å². The van der Waals surface area contributed by atoms with Crippen LogP contribution in [0.4, 0.5) is 32.4 Å². The highest BCUT2D eigenvalue weighted by Crippen LogP contribution is 2.45. The molecule has 3 heterocycles. The van der Waals surface area contributed by atoms with Gasteiger partial charge >= 0.3 is 18.4 Å². The third-order valence-corrected chi connectivity index (χ3v) is 5.88. The van der Waals surface area contributed by atoms with Crippen molar-refractivity contribution in [2.24, 2.45) is 0 Å². The van der Waals surface area contributed by atoms with E-state index in [4.69, 9.17) is 10.00 Å². The average molecular weight is 535 g/mol. The van der Waals surface area contributed by atoms with Gasteiger partial charge in [-0.05, 0) is 37.7 Å². The number of carbonyl (C=O) groups excluding carboxylic acids is 1. The van der Waals surface area contributed by atoms with Crippen LogP contribution in [0.5, 0.6) is 11.5 Å². The van der Waals surface area contributed by atoms with Crippen LogP contribution in [0.3, 0.4) is 0 Å². The maximum Gasteiger partial charge on any atom is 0.491 e. The summed E-state index contributed by atoms with van der Waals surface area (Å²) in [5, 5.41) is 8.96. The van der Waals surface area contributed by atoms with Crippen LogP contribution in [-0.2, 0) is 9.47 Å². The number of urea groups is 1. The van der Waals surface area contributed by atoms with E-state index in [-0.39, 0.29) is 48.3 Å². The van der Waals surface area contributed by atoms with Gasteiger partial charge in [0.05, 0.1) is 30.7 Å². The van der Waals surface area contributed by atoms with Gasteiger partial charge < -0.3 is 4.74 Å². The smallest absolute Gasteiger partial charge is 0.457 e. The Bertz CT molecular complexity index is 1390. The molecule has 1 unspecified atom stereocenters. The fourth-order valence-electron chi connectivity index (χ4n) is 4.24. The maximum atomic E-state index is 15.1. The largest absolute Gasteiger partial charge is 0.491 e. The first-order valence-electron chi connectivity index (χ1n) is 11.1. The monoisotopic (exact) mass is 535 g/mol.